The van der Waals surface area contributed by atoms with Crippen LogP contribution in [0.4, 0.5) is 0 Å². The van der Waals surface area contributed by atoms with Gasteiger partial charge in [0.2, 0.25) is 0 Å². The highest BCUT2D eigenvalue weighted by molar-refractivity contribution is 5.66. The van der Waals surface area contributed by atoms with Gasteiger partial charge in [-0.3, -0.25) is 0 Å². The Morgan fingerprint density at radius 1 is 1.60 bits per heavy atom. The van der Waals surface area contributed by atoms with Crippen molar-refractivity contribution in [3.05, 3.63) is 0 Å². The first-order valence-electron chi connectivity index (χ1n) is 3.77. The Morgan fingerprint density at radius 3 is 2.60 bits per heavy atom. The number of fused-ring (bicyclic) bond motifs is 1. The largest absolute Gasteiger partial charge is 0.390 e. The topological polar surface area (TPSA) is 37.3 Å². The van der Waals surface area contributed by atoms with Crippen LogP contribution in [0.3, 0.4) is 0 Å². The first-order valence-corrected chi connectivity index (χ1v) is 3.77. The molecule has 2 fully saturated rings. The van der Waals surface area contributed by atoms with Crippen LogP contribution in [0.5, 0.6) is 0 Å². The molecule has 0 aromatic heterocycles. The smallest absolute Gasteiger partial charge is 0.126 e. The molecule has 0 saturated heterocycles. The van der Waals surface area contributed by atoms with Gasteiger partial charge in [0.05, 0.1) is 5.60 Å². The van der Waals surface area contributed by atoms with Crippen LogP contribution in [0.1, 0.15) is 26.2 Å². The van der Waals surface area contributed by atoms with E-state index in [9.17, 15) is 9.90 Å². The molecule has 0 radical (unpaired) electrons. The zero-order chi connectivity index (χ0) is 7.41. The summed E-state index contributed by atoms with van der Waals surface area (Å²) in [5.74, 6) is 0.500. The summed E-state index contributed by atoms with van der Waals surface area (Å²) < 4.78 is 0. The minimum atomic E-state index is -0.552. The maximum Gasteiger partial charge on any atom is 0.126 e. The first kappa shape index (κ1) is 6.35. The summed E-state index contributed by atoms with van der Waals surface area (Å²) in [6.45, 7) is 1.82. The molecule has 2 nitrogen and oxygen atoms in total. The van der Waals surface area contributed by atoms with Crippen LogP contribution in [-0.2, 0) is 4.79 Å². The average molecular weight is 140 g/mol. The molecule has 0 heterocycles. The van der Waals surface area contributed by atoms with E-state index < -0.39 is 5.60 Å². The molecule has 0 aromatic carbocycles. The van der Waals surface area contributed by atoms with Gasteiger partial charge in [-0.1, -0.05) is 0 Å². The fraction of sp³-hybridized carbons (Fsp3) is 0.875. The van der Waals surface area contributed by atoms with E-state index in [4.69, 9.17) is 0 Å². The third kappa shape index (κ3) is 0.655. The van der Waals surface area contributed by atoms with E-state index in [-0.39, 0.29) is 5.41 Å². The Labute approximate surface area is 60.2 Å². The predicted molar refractivity (Wildman–Crippen MR) is 36.5 cm³/mol. The van der Waals surface area contributed by atoms with E-state index in [1.165, 1.54) is 0 Å². The summed E-state index contributed by atoms with van der Waals surface area (Å²) in [6, 6.07) is 0. The van der Waals surface area contributed by atoms with Crippen molar-refractivity contribution in [2.75, 3.05) is 0 Å². The van der Waals surface area contributed by atoms with E-state index in [0.717, 1.165) is 19.1 Å². The molecule has 2 saturated carbocycles. The zero-order valence-electron chi connectivity index (χ0n) is 6.13. The molecule has 2 aliphatic rings. The van der Waals surface area contributed by atoms with E-state index in [1.807, 2.05) is 6.92 Å². The predicted octanol–water partition coefficient (Wildman–Crippen LogP) is 0.736. The van der Waals surface area contributed by atoms with Crippen LogP contribution in [0, 0.1) is 11.3 Å². The molecule has 0 aromatic rings. The number of hydrogen-bond donors (Lipinski definition) is 1. The van der Waals surface area contributed by atoms with Crippen molar-refractivity contribution in [2.45, 2.75) is 31.8 Å². The Kier molecular flexibility index (Phi) is 0.919. The minimum absolute atomic E-state index is 0.0938. The van der Waals surface area contributed by atoms with Gasteiger partial charge < -0.3 is 9.90 Å². The molecule has 1 N–H and O–H groups in total. The molecule has 2 aliphatic carbocycles. The second-order valence-corrected chi connectivity index (χ2v) is 4.13. The monoisotopic (exact) mass is 140 g/mol. The Morgan fingerprint density at radius 2 is 2.30 bits per heavy atom. The number of aldehydes is 1. The van der Waals surface area contributed by atoms with Crippen molar-refractivity contribution in [1.82, 2.24) is 0 Å². The second-order valence-electron chi connectivity index (χ2n) is 4.13. The van der Waals surface area contributed by atoms with Gasteiger partial charge in [-0.25, -0.2) is 0 Å². The molecule has 0 amide bonds. The first-order chi connectivity index (χ1) is 4.58. The van der Waals surface area contributed by atoms with Crippen molar-refractivity contribution >= 4 is 6.29 Å². The van der Waals surface area contributed by atoms with Crippen molar-refractivity contribution < 1.29 is 9.90 Å². The summed E-state index contributed by atoms with van der Waals surface area (Å²) in [4.78, 5) is 10.5. The number of carbonyl (C=O) groups is 1. The fourth-order valence-corrected chi connectivity index (χ4v) is 2.39. The van der Waals surface area contributed by atoms with Gasteiger partial charge in [-0.15, -0.1) is 0 Å². The molecule has 0 bridgehead atoms. The average Bonchev–Trinajstić information content (AvgIpc) is 2.36. The van der Waals surface area contributed by atoms with Crippen molar-refractivity contribution in [1.29, 1.82) is 0 Å². The fourth-order valence-electron chi connectivity index (χ4n) is 2.39. The van der Waals surface area contributed by atoms with Crippen LogP contribution in [-0.4, -0.2) is 17.0 Å². The van der Waals surface area contributed by atoms with E-state index >= 15 is 0 Å². The summed E-state index contributed by atoms with van der Waals surface area (Å²) in [5.41, 5.74) is -0.646. The summed E-state index contributed by atoms with van der Waals surface area (Å²) in [6.07, 6.45) is 3.58. The maximum atomic E-state index is 10.5. The second kappa shape index (κ2) is 1.45. The molecular weight excluding hydrogens is 128 g/mol. The molecule has 2 heteroatoms. The summed E-state index contributed by atoms with van der Waals surface area (Å²) >= 11 is 0. The molecular formula is C8H12O2. The molecule has 0 spiro atoms. The van der Waals surface area contributed by atoms with Crippen molar-refractivity contribution in [2.24, 2.45) is 11.3 Å². The molecule has 0 unspecified atom stereocenters. The Hall–Kier alpha value is -0.370. The quantitative estimate of drug-likeness (QED) is 0.545. The lowest BCUT2D eigenvalue weighted by Crippen LogP contribution is -2.22. The third-order valence-corrected chi connectivity index (χ3v) is 2.91. The number of rotatable bonds is 1. The minimum Gasteiger partial charge on any atom is -0.390 e. The highest BCUT2D eigenvalue weighted by Gasteiger charge is 2.63. The molecule has 56 valence electrons. The van der Waals surface area contributed by atoms with E-state index in [0.29, 0.717) is 12.3 Å². The highest BCUT2D eigenvalue weighted by atomic mass is 16.3. The lowest BCUT2D eigenvalue weighted by molar-refractivity contribution is -0.113. The van der Waals surface area contributed by atoms with Crippen LogP contribution in [0.2, 0.25) is 0 Å². The van der Waals surface area contributed by atoms with Gasteiger partial charge >= 0.3 is 0 Å². The Balaban J connectivity index is 2.17. The lowest BCUT2D eigenvalue weighted by atomic mass is 9.96. The van der Waals surface area contributed by atoms with E-state index in [1.54, 1.807) is 0 Å². The number of carbonyl (C=O) groups excluding carboxylic acids is 1. The van der Waals surface area contributed by atoms with Crippen molar-refractivity contribution in [3.8, 4) is 0 Å². The normalized spacial score (nSPS) is 58.0. The SMILES string of the molecule is C[C@]1(O)C[C@@H]2C[C@]2(C=O)C1. The molecule has 3 atom stereocenters. The highest BCUT2D eigenvalue weighted by Crippen LogP contribution is 2.65. The van der Waals surface area contributed by atoms with Crippen LogP contribution in [0.25, 0.3) is 0 Å². The molecule has 2 rings (SSSR count). The number of aliphatic hydroxyl groups is 1. The van der Waals surface area contributed by atoms with Gasteiger partial charge in [0.15, 0.2) is 0 Å². The van der Waals surface area contributed by atoms with Gasteiger partial charge in [0, 0.05) is 5.41 Å². The van der Waals surface area contributed by atoms with Crippen LogP contribution >= 0.6 is 0 Å². The van der Waals surface area contributed by atoms with Gasteiger partial charge in [0.25, 0.3) is 0 Å². The summed E-state index contributed by atoms with van der Waals surface area (Å²) in [7, 11) is 0. The Bertz CT molecular complexity index is 186. The summed E-state index contributed by atoms with van der Waals surface area (Å²) in [5, 5.41) is 9.53. The van der Waals surface area contributed by atoms with E-state index in [2.05, 4.69) is 0 Å². The van der Waals surface area contributed by atoms with Crippen LogP contribution in [0.15, 0.2) is 0 Å². The standard InChI is InChI=1S/C8H12O2/c1-7(10)2-6-3-8(6,4-7)5-9/h5-6,10H,2-4H2,1H3/t6-,7+,8-/m1/s1. The van der Waals surface area contributed by atoms with Gasteiger partial charge in [0.1, 0.15) is 6.29 Å². The zero-order valence-corrected chi connectivity index (χ0v) is 6.13. The van der Waals surface area contributed by atoms with Crippen molar-refractivity contribution in [3.63, 3.8) is 0 Å². The lowest BCUT2D eigenvalue weighted by Gasteiger charge is -2.18. The third-order valence-electron chi connectivity index (χ3n) is 2.91. The van der Waals surface area contributed by atoms with Gasteiger partial charge in [-0.2, -0.15) is 0 Å². The number of hydrogen-bond acceptors (Lipinski definition) is 2. The van der Waals surface area contributed by atoms with Gasteiger partial charge in [-0.05, 0) is 32.1 Å². The molecule has 10 heavy (non-hydrogen) atoms. The van der Waals surface area contributed by atoms with Crippen LogP contribution < -0.4 is 0 Å². The molecule has 0 aliphatic heterocycles. The maximum absolute atomic E-state index is 10.5.